The summed E-state index contributed by atoms with van der Waals surface area (Å²) in [6.45, 7) is 2.09. The lowest BCUT2D eigenvalue weighted by Gasteiger charge is -2.27. The van der Waals surface area contributed by atoms with Crippen molar-refractivity contribution in [2.24, 2.45) is 0 Å². The highest BCUT2D eigenvalue weighted by Crippen LogP contribution is 2.23. The molecule has 1 aliphatic rings. The number of hydrogen-bond donors (Lipinski definition) is 0. The molecule has 3 aromatic heterocycles. The van der Waals surface area contributed by atoms with Crippen LogP contribution in [-0.2, 0) is 0 Å². The number of hydrogen-bond acceptors (Lipinski definition) is 7. The molecule has 3 aromatic rings. The van der Waals surface area contributed by atoms with Crippen LogP contribution in [0.3, 0.4) is 0 Å². The number of thioether (sulfide) groups is 1. The quantitative estimate of drug-likeness (QED) is 0.733. The summed E-state index contributed by atoms with van der Waals surface area (Å²) in [6.07, 6.45) is 3.50. The Kier molecular flexibility index (Phi) is 3.94. The molecule has 0 spiro atoms. The molecule has 0 N–H and O–H groups in total. The first-order chi connectivity index (χ1) is 11.4. The number of pyridine rings is 2. The van der Waals surface area contributed by atoms with E-state index < -0.39 is 0 Å². The number of nitrogens with zero attached hydrogens (tertiary/aromatic N) is 5. The van der Waals surface area contributed by atoms with Crippen LogP contribution in [0.1, 0.15) is 0 Å². The van der Waals surface area contributed by atoms with Crippen LogP contribution in [0.2, 0.25) is 0 Å². The highest BCUT2D eigenvalue weighted by Gasteiger charge is 2.14. The lowest BCUT2D eigenvalue weighted by molar-refractivity contribution is 0.431. The fourth-order valence-electron chi connectivity index (χ4n) is 2.43. The van der Waals surface area contributed by atoms with Crippen LogP contribution in [0.5, 0.6) is 0 Å². The smallest absolute Gasteiger partial charge is 0.276 e. The second kappa shape index (κ2) is 6.37. The summed E-state index contributed by atoms with van der Waals surface area (Å²) in [5.41, 5.74) is 1.51. The van der Waals surface area contributed by atoms with Crippen LogP contribution in [0.25, 0.3) is 23.0 Å². The second-order valence-corrected chi connectivity index (χ2v) is 6.37. The van der Waals surface area contributed by atoms with Crippen LogP contribution in [0, 0.1) is 0 Å². The van der Waals surface area contributed by atoms with Crippen molar-refractivity contribution in [2.45, 2.75) is 0 Å². The summed E-state index contributed by atoms with van der Waals surface area (Å²) < 4.78 is 5.29. The zero-order valence-corrected chi connectivity index (χ0v) is 13.2. The molecule has 116 valence electrons. The molecule has 6 nitrogen and oxygen atoms in total. The van der Waals surface area contributed by atoms with E-state index >= 15 is 0 Å². The van der Waals surface area contributed by atoms with E-state index in [1.807, 2.05) is 42.1 Å². The molecule has 0 atom stereocenters. The first-order valence-electron chi connectivity index (χ1n) is 7.44. The Morgan fingerprint density at radius 1 is 1.04 bits per heavy atom. The van der Waals surface area contributed by atoms with Crippen molar-refractivity contribution in [1.82, 2.24) is 20.1 Å². The Balaban J connectivity index is 1.55. The van der Waals surface area contributed by atoms with E-state index in [2.05, 4.69) is 25.0 Å². The molecule has 0 radical (unpaired) electrons. The Morgan fingerprint density at radius 3 is 2.70 bits per heavy atom. The maximum atomic E-state index is 5.29. The van der Waals surface area contributed by atoms with E-state index in [-0.39, 0.29) is 0 Å². The molecule has 1 aliphatic heterocycles. The summed E-state index contributed by atoms with van der Waals surface area (Å²) in [6, 6.07) is 9.58. The minimum Gasteiger partial charge on any atom is -0.355 e. The molecule has 1 fully saturated rings. The fraction of sp³-hybridized carbons (Fsp3) is 0.250. The molecule has 23 heavy (non-hydrogen) atoms. The zero-order valence-electron chi connectivity index (χ0n) is 12.4. The van der Waals surface area contributed by atoms with Crippen LogP contribution < -0.4 is 4.90 Å². The number of rotatable bonds is 3. The molecule has 0 bridgehead atoms. The molecule has 0 aromatic carbocycles. The van der Waals surface area contributed by atoms with Gasteiger partial charge >= 0.3 is 0 Å². The molecule has 4 rings (SSSR count). The largest absolute Gasteiger partial charge is 0.355 e. The van der Waals surface area contributed by atoms with E-state index in [0.29, 0.717) is 17.4 Å². The maximum Gasteiger partial charge on any atom is 0.276 e. The molecule has 4 heterocycles. The topological polar surface area (TPSA) is 67.9 Å². The van der Waals surface area contributed by atoms with Gasteiger partial charge in [-0.05, 0) is 24.3 Å². The molecule has 0 saturated carbocycles. The van der Waals surface area contributed by atoms with Gasteiger partial charge in [-0.3, -0.25) is 4.98 Å². The van der Waals surface area contributed by atoms with Crippen molar-refractivity contribution in [3.8, 4) is 23.0 Å². The van der Waals surface area contributed by atoms with Crippen molar-refractivity contribution in [1.29, 1.82) is 0 Å². The van der Waals surface area contributed by atoms with Gasteiger partial charge in [-0.25, -0.2) is 4.98 Å². The molecule has 1 saturated heterocycles. The van der Waals surface area contributed by atoms with E-state index in [0.717, 1.165) is 36.0 Å². The minimum atomic E-state index is 0.415. The maximum absolute atomic E-state index is 5.29. The molecule has 0 aliphatic carbocycles. The van der Waals surface area contributed by atoms with E-state index in [1.54, 1.807) is 12.4 Å². The highest BCUT2D eigenvalue weighted by atomic mass is 32.2. The second-order valence-electron chi connectivity index (χ2n) is 5.14. The van der Waals surface area contributed by atoms with Gasteiger partial charge < -0.3 is 9.42 Å². The van der Waals surface area contributed by atoms with Gasteiger partial charge in [0.25, 0.3) is 5.89 Å². The average Bonchev–Trinajstić information content (AvgIpc) is 3.14. The first-order valence-corrected chi connectivity index (χ1v) is 8.60. The third-order valence-corrected chi connectivity index (χ3v) is 4.59. The summed E-state index contributed by atoms with van der Waals surface area (Å²) in [4.78, 5) is 15.4. The van der Waals surface area contributed by atoms with Crippen molar-refractivity contribution in [2.75, 3.05) is 29.5 Å². The van der Waals surface area contributed by atoms with E-state index in [4.69, 9.17) is 4.52 Å². The first kappa shape index (κ1) is 14.2. The molecule has 7 heteroatoms. The Morgan fingerprint density at radius 2 is 1.96 bits per heavy atom. The van der Waals surface area contributed by atoms with Gasteiger partial charge in [-0.1, -0.05) is 11.2 Å². The van der Waals surface area contributed by atoms with Gasteiger partial charge in [0.05, 0.1) is 0 Å². The Labute approximate surface area is 138 Å². The summed E-state index contributed by atoms with van der Waals surface area (Å²) >= 11 is 1.99. The predicted octanol–water partition coefficient (Wildman–Crippen LogP) is 2.75. The van der Waals surface area contributed by atoms with Gasteiger partial charge in [0, 0.05) is 42.6 Å². The molecular formula is C16H15N5OS. The summed E-state index contributed by atoms with van der Waals surface area (Å²) in [7, 11) is 0. The lowest BCUT2D eigenvalue weighted by Crippen LogP contribution is -2.32. The predicted molar refractivity (Wildman–Crippen MR) is 90.3 cm³/mol. The van der Waals surface area contributed by atoms with Crippen LogP contribution >= 0.6 is 11.8 Å². The Bertz CT molecular complexity index is 769. The average molecular weight is 325 g/mol. The van der Waals surface area contributed by atoms with Gasteiger partial charge in [-0.2, -0.15) is 16.7 Å². The summed E-state index contributed by atoms with van der Waals surface area (Å²) in [5, 5.41) is 4.02. The van der Waals surface area contributed by atoms with E-state index in [9.17, 15) is 0 Å². The zero-order chi connectivity index (χ0) is 15.5. The SMILES string of the molecule is c1ccc(-c2nc(-c3ccc(N4CCSCC4)nc3)no2)nc1. The Hall–Kier alpha value is -2.41. The van der Waals surface area contributed by atoms with Crippen molar-refractivity contribution < 1.29 is 4.52 Å². The van der Waals surface area contributed by atoms with Crippen molar-refractivity contribution in [3.05, 3.63) is 42.7 Å². The van der Waals surface area contributed by atoms with Crippen molar-refractivity contribution in [3.63, 3.8) is 0 Å². The monoisotopic (exact) mass is 325 g/mol. The normalized spacial score (nSPS) is 14.9. The molecular weight excluding hydrogens is 310 g/mol. The van der Waals surface area contributed by atoms with Crippen LogP contribution in [-0.4, -0.2) is 44.7 Å². The van der Waals surface area contributed by atoms with E-state index in [1.165, 1.54) is 0 Å². The minimum absolute atomic E-state index is 0.415. The van der Waals surface area contributed by atoms with Crippen LogP contribution in [0.4, 0.5) is 5.82 Å². The summed E-state index contributed by atoms with van der Waals surface area (Å²) in [5.74, 6) is 4.25. The number of anilines is 1. The third kappa shape index (κ3) is 3.05. The third-order valence-electron chi connectivity index (χ3n) is 3.65. The van der Waals surface area contributed by atoms with Gasteiger partial charge in [0.2, 0.25) is 5.82 Å². The molecule has 0 unspecified atom stereocenters. The standard InChI is InChI=1S/C16H15N5OS/c1-2-6-17-13(3-1)16-19-15(20-22-16)12-4-5-14(18-11-12)21-7-9-23-10-8-21/h1-6,11H,7-10H2. The van der Waals surface area contributed by atoms with Gasteiger partial charge in [-0.15, -0.1) is 0 Å². The molecule has 0 amide bonds. The van der Waals surface area contributed by atoms with Gasteiger partial charge in [0.1, 0.15) is 11.5 Å². The number of aromatic nitrogens is 4. The van der Waals surface area contributed by atoms with Gasteiger partial charge in [0.15, 0.2) is 0 Å². The van der Waals surface area contributed by atoms with Crippen molar-refractivity contribution >= 4 is 17.6 Å². The lowest BCUT2D eigenvalue weighted by atomic mass is 10.2. The fourth-order valence-corrected chi connectivity index (χ4v) is 3.33. The van der Waals surface area contributed by atoms with Crippen LogP contribution in [0.15, 0.2) is 47.2 Å². The highest BCUT2D eigenvalue weighted by molar-refractivity contribution is 7.99.